The molecule has 12 rings (SSSR count). The van der Waals surface area contributed by atoms with E-state index < -0.39 is 0 Å². The summed E-state index contributed by atoms with van der Waals surface area (Å²) in [6.07, 6.45) is 1.94. The fraction of sp³-hybridized carbons (Fsp3) is 0. The van der Waals surface area contributed by atoms with E-state index in [4.69, 9.17) is 4.98 Å². The van der Waals surface area contributed by atoms with E-state index in [1.165, 1.54) is 38.0 Å². The highest BCUT2D eigenvalue weighted by molar-refractivity contribution is 6.28. The van der Waals surface area contributed by atoms with Gasteiger partial charge in [-0.15, -0.1) is 0 Å². The predicted octanol–water partition coefficient (Wildman–Crippen LogP) is 13.8. The molecule has 0 fully saturated rings. The summed E-state index contributed by atoms with van der Waals surface area (Å²) in [4.78, 5) is 5.26. The van der Waals surface area contributed by atoms with Gasteiger partial charge in [0.15, 0.2) is 0 Å². The first kappa shape index (κ1) is 31.6. The van der Waals surface area contributed by atoms with Gasteiger partial charge < -0.3 is 13.7 Å². The van der Waals surface area contributed by atoms with Gasteiger partial charge in [-0.1, -0.05) is 127 Å². The van der Waals surface area contributed by atoms with Crippen LogP contribution in [0.1, 0.15) is 0 Å². The average Bonchev–Trinajstić information content (AvgIpc) is 3.62. The minimum atomic E-state index is 0.962. The zero-order valence-electron chi connectivity index (χ0n) is 30.9. The van der Waals surface area contributed by atoms with Crippen molar-refractivity contribution in [2.75, 3.05) is 0 Å². The van der Waals surface area contributed by atoms with Crippen molar-refractivity contribution in [1.82, 2.24) is 18.7 Å². The van der Waals surface area contributed by atoms with Gasteiger partial charge in [0.25, 0.3) is 0 Å². The molecule has 3 heterocycles. The Labute approximate surface area is 328 Å². The number of pyridine rings is 1. The van der Waals surface area contributed by atoms with Crippen LogP contribution in [0, 0.1) is 0 Å². The van der Waals surface area contributed by atoms with Crippen LogP contribution in [0.3, 0.4) is 0 Å². The zero-order chi connectivity index (χ0) is 37.5. The molecule has 0 atom stereocenters. The molecule has 0 saturated heterocycles. The van der Waals surface area contributed by atoms with Crippen LogP contribution < -0.4 is 0 Å². The van der Waals surface area contributed by atoms with Crippen molar-refractivity contribution in [2.45, 2.75) is 0 Å². The molecule has 0 radical (unpaired) electrons. The second-order valence-electron chi connectivity index (χ2n) is 14.7. The summed E-state index contributed by atoms with van der Waals surface area (Å²) in [5.74, 6) is 0. The maximum Gasteiger partial charge on any atom is 0.0787 e. The number of nitrogens with zero attached hydrogens (tertiary/aromatic N) is 4. The third kappa shape index (κ3) is 4.65. The molecular formula is C53H34N4. The van der Waals surface area contributed by atoms with E-state index in [1.54, 1.807) is 0 Å². The Balaban J connectivity index is 1.35. The molecule has 12 aromatic rings. The van der Waals surface area contributed by atoms with E-state index in [0.717, 1.165) is 66.2 Å². The molecule has 0 amide bonds. The Hall–Kier alpha value is -7.69. The molecule has 0 aliphatic heterocycles. The third-order valence-corrected chi connectivity index (χ3v) is 11.7. The maximum absolute atomic E-state index is 5.26. The second-order valence-corrected chi connectivity index (χ2v) is 14.7. The molecule has 266 valence electrons. The molecular weight excluding hydrogens is 693 g/mol. The largest absolute Gasteiger partial charge is 0.309 e. The molecule has 4 heteroatoms. The number of benzene rings is 8. The molecule has 57 heavy (non-hydrogen) atoms. The summed E-state index contributed by atoms with van der Waals surface area (Å²) in [5.41, 5.74) is 11.1. The SMILES string of the molecule is c1ccc(-n2c3ccccc3n(-c3ccccc3)c3cc4c(cc32)c2ccccc2c2c(-n3c5ccccc5c5ccccc53)cccc2c2cccnc42)cc1. The van der Waals surface area contributed by atoms with E-state index in [9.17, 15) is 0 Å². The molecule has 0 saturated carbocycles. The van der Waals surface area contributed by atoms with Crippen molar-refractivity contribution >= 4 is 87.1 Å². The molecule has 0 aliphatic carbocycles. The lowest BCUT2D eigenvalue weighted by Crippen LogP contribution is -2.08. The lowest BCUT2D eigenvalue weighted by Gasteiger charge is -2.23. The summed E-state index contributed by atoms with van der Waals surface area (Å²) in [6, 6.07) is 72.5. The zero-order valence-corrected chi connectivity index (χ0v) is 30.9. The average molecular weight is 727 g/mol. The number of aromatic nitrogens is 4. The minimum Gasteiger partial charge on any atom is -0.309 e. The van der Waals surface area contributed by atoms with Crippen LogP contribution in [-0.2, 0) is 0 Å². The topological polar surface area (TPSA) is 27.7 Å². The minimum absolute atomic E-state index is 0.962. The van der Waals surface area contributed by atoms with E-state index in [2.05, 4.69) is 214 Å². The first-order chi connectivity index (χ1) is 28.3. The Bertz CT molecular complexity index is 3570. The van der Waals surface area contributed by atoms with Crippen LogP contribution in [0.25, 0.3) is 104 Å². The van der Waals surface area contributed by atoms with Crippen LogP contribution in [0.4, 0.5) is 0 Å². The van der Waals surface area contributed by atoms with Gasteiger partial charge in [-0.25, -0.2) is 0 Å². The molecule has 9 aromatic carbocycles. The lowest BCUT2D eigenvalue weighted by atomic mass is 9.94. The summed E-state index contributed by atoms with van der Waals surface area (Å²) in [6.45, 7) is 0. The van der Waals surface area contributed by atoms with Crippen LogP contribution >= 0.6 is 0 Å². The Morgan fingerprint density at radius 2 is 0.737 bits per heavy atom. The number of hydrogen-bond acceptors (Lipinski definition) is 1. The van der Waals surface area contributed by atoms with Crippen LogP contribution in [0.15, 0.2) is 206 Å². The number of fused-ring (bicyclic) bond motifs is 13. The molecule has 0 spiro atoms. The van der Waals surface area contributed by atoms with Crippen molar-refractivity contribution < 1.29 is 0 Å². The molecule has 0 bridgehead atoms. The summed E-state index contributed by atoms with van der Waals surface area (Å²) < 4.78 is 7.28. The van der Waals surface area contributed by atoms with Crippen LogP contribution in [-0.4, -0.2) is 18.7 Å². The van der Waals surface area contributed by atoms with Crippen LogP contribution in [0.5, 0.6) is 0 Å². The van der Waals surface area contributed by atoms with Gasteiger partial charge >= 0.3 is 0 Å². The molecule has 4 nitrogen and oxygen atoms in total. The van der Waals surface area contributed by atoms with Crippen molar-refractivity contribution in [1.29, 1.82) is 0 Å². The first-order valence-corrected chi connectivity index (χ1v) is 19.5. The molecule has 0 N–H and O–H groups in total. The fourth-order valence-electron chi connectivity index (χ4n) is 9.36. The third-order valence-electron chi connectivity index (χ3n) is 11.7. The number of rotatable bonds is 3. The summed E-state index contributed by atoms with van der Waals surface area (Å²) in [5, 5.41) is 10.5. The fourth-order valence-corrected chi connectivity index (χ4v) is 9.36. The summed E-state index contributed by atoms with van der Waals surface area (Å²) >= 11 is 0. The second kappa shape index (κ2) is 12.4. The number of para-hydroxylation sites is 6. The quantitative estimate of drug-likeness (QED) is 0.167. The van der Waals surface area contributed by atoms with Gasteiger partial charge in [0.05, 0.1) is 44.3 Å². The standard InChI is InChI=1S/C53H34N4/c1-3-17-35(18-4-1)55-47-29-13-14-30-48(47)56(36-19-5-2-6-20-36)51-34-44-43(33-50(51)55)37-21-7-8-24-40(37)52-41(42-26-16-32-54-53(42)44)25-15-31-49(52)57-45-27-11-9-22-38(45)39-23-10-12-28-46(39)57/h1-34H. The van der Waals surface area contributed by atoms with Gasteiger partial charge in [0.2, 0.25) is 0 Å². The van der Waals surface area contributed by atoms with Gasteiger partial charge in [-0.3, -0.25) is 4.98 Å². The Morgan fingerprint density at radius 3 is 1.35 bits per heavy atom. The number of hydrogen-bond donors (Lipinski definition) is 0. The van der Waals surface area contributed by atoms with E-state index in [-0.39, 0.29) is 0 Å². The van der Waals surface area contributed by atoms with Crippen molar-refractivity contribution in [3.05, 3.63) is 206 Å². The lowest BCUT2D eigenvalue weighted by molar-refractivity contribution is 1.09. The predicted molar refractivity (Wildman–Crippen MR) is 240 cm³/mol. The van der Waals surface area contributed by atoms with Crippen molar-refractivity contribution in [3.63, 3.8) is 0 Å². The van der Waals surface area contributed by atoms with Crippen molar-refractivity contribution in [2.24, 2.45) is 0 Å². The van der Waals surface area contributed by atoms with Gasteiger partial charge in [0, 0.05) is 44.5 Å². The maximum atomic E-state index is 5.26. The first-order valence-electron chi connectivity index (χ1n) is 19.5. The molecule has 0 aliphatic rings. The Kier molecular flexibility index (Phi) is 6.89. The van der Waals surface area contributed by atoms with Gasteiger partial charge in [0.1, 0.15) is 0 Å². The monoisotopic (exact) mass is 726 g/mol. The Morgan fingerprint density at radius 1 is 0.281 bits per heavy atom. The highest BCUT2D eigenvalue weighted by Gasteiger charge is 2.20. The van der Waals surface area contributed by atoms with Gasteiger partial charge in [-0.05, 0) is 94.3 Å². The van der Waals surface area contributed by atoms with Crippen LogP contribution in [0.2, 0.25) is 0 Å². The highest BCUT2D eigenvalue weighted by Crippen LogP contribution is 2.42. The van der Waals surface area contributed by atoms with Gasteiger partial charge in [-0.2, -0.15) is 0 Å². The van der Waals surface area contributed by atoms with E-state index in [0.29, 0.717) is 0 Å². The smallest absolute Gasteiger partial charge is 0.0787 e. The summed E-state index contributed by atoms with van der Waals surface area (Å²) in [7, 11) is 0. The van der Waals surface area contributed by atoms with Crippen molar-refractivity contribution in [3.8, 4) is 17.1 Å². The molecule has 0 unspecified atom stereocenters. The van der Waals surface area contributed by atoms with E-state index >= 15 is 0 Å². The normalized spacial score (nSPS) is 11.9. The van der Waals surface area contributed by atoms with E-state index in [1.807, 2.05) is 6.20 Å². The highest BCUT2D eigenvalue weighted by atomic mass is 15.1. The molecule has 3 aromatic heterocycles.